The summed E-state index contributed by atoms with van der Waals surface area (Å²) >= 11 is 0. The number of benzene rings is 2. The quantitative estimate of drug-likeness (QED) is 0.571. The zero-order valence-corrected chi connectivity index (χ0v) is 17.3. The van der Waals surface area contributed by atoms with Gasteiger partial charge >= 0.3 is 11.9 Å². The van der Waals surface area contributed by atoms with Crippen LogP contribution in [0.5, 0.6) is 11.5 Å². The number of carboxylic acids is 2. The van der Waals surface area contributed by atoms with Gasteiger partial charge in [0.1, 0.15) is 22.6 Å². The first-order valence-electron chi connectivity index (χ1n) is 10.2. The molecular weight excluding hydrogens is 400 g/mol. The molecule has 0 bridgehead atoms. The monoisotopic (exact) mass is 428 g/mol. The summed E-state index contributed by atoms with van der Waals surface area (Å²) in [6.45, 7) is 3.60. The molecular formula is C23H28N2O6. The molecule has 0 saturated carbocycles. The SMILES string of the molecule is C1CCC2=NCCCN2CC1.O=C(O)c1ccccc1O.O=C(O)c1ccccc1O. The van der Waals surface area contributed by atoms with Gasteiger partial charge in [0, 0.05) is 26.1 Å². The maximum Gasteiger partial charge on any atom is 0.339 e. The molecule has 1 saturated heterocycles. The van der Waals surface area contributed by atoms with Crippen molar-refractivity contribution in [2.75, 3.05) is 19.6 Å². The van der Waals surface area contributed by atoms with Gasteiger partial charge in [-0.25, -0.2) is 9.59 Å². The van der Waals surface area contributed by atoms with E-state index in [9.17, 15) is 9.59 Å². The van der Waals surface area contributed by atoms with Gasteiger partial charge in [-0.05, 0) is 43.5 Å². The van der Waals surface area contributed by atoms with Crippen LogP contribution in [0.3, 0.4) is 0 Å². The van der Waals surface area contributed by atoms with Crippen LogP contribution in [0.2, 0.25) is 0 Å². The van der Waals surface area contributed by atoms with Crippen molar-refractivity contribution in [3.8, 4) is 11.5 Å². The van der Waals surface area contributed by atoms with Gasteiger partial charge < -0.3 is 25.3 Å². The van der Waals surface area contributed by atoms with Crippen LogP contribution in [0.25, 0.3) is 0 Å². The van der Waals surface area contributed by atoms with Crippen molar-refractivity contribution < 1.29 is 30.0 Å². The third-order valence-corrected chi connectivity index (χ3v) is 4.84. The summed E-state index contributed by atoms with van der Waals surface area (Å²) in [5, 5.41) is 34.6. The number of para-hydroxylation sites is 2. The van der Waals surface area contributed by atoms with E-state index in [1.54, 1.807) is 24.3 Å². The lowest BCUT2D eigenvalue weighted by Gasteiger charge is -2.27. The molecule has 0 spiro atoms. The number of aliphatic imine (C=N–C) groups is 1. The Bertz CT molecular complexity index is 857. The maximum absolute atomic E-state index is 10.3. The Morgan fingerprint density at radius 3 is 1.74 bits per heavy atom. The number of hydrogen-bond acceptors (Lipinski definition) is 6. The molecule has 31 heavy (non-hydrogen) atoms. The van der Waals surface area contributed by atoms with Crippen LogP contribution in [0.4, 0.5) is 0 Å². The van der Waals surface area contributed by atoms with Gasteiger partial charge in [0.2, 0.25) is 0 Å². The number of fused-ring (bicyclic) bond motifs is 1. The fraction of sp³-hybridized carbons (Fsp3) is 0.348. The second-order valence-corrected chi connectivity index (χ2v) is 7.09. The lowest BCUT2D eigenvalue weighted by Crippen LogP contribution is -2.34. The summed E-state index contributed by atoms with van der Waals surface area (Å²) in [6.07, 6.45) is 6.63. The Morgan fingerprint density at radius 2 is 1.26 bits per heavy atom. The second kappa shape index (κ2) is 12.2. The van der Waals surface area contributed by atoms with E-state index in [1.807, 2.05) is 0 Å². The Kier molecular flexibility index (Phi) is 9.35. The van der Waals surface area contributed by atoms with E-state index in [1.165, 1.54) is 75.3 Å². The molecule has 4 rings (SSSR count). The summed E-state index contributed by atoms with van der Waals surface area (Å²) in [5.41, 5.74) is -0.134. The number of phenols is 2. The Labute approximate surface area is 181 Å². The molecule has 0 unspecified atom stereocenters. The molecule has 8 nitrogen and oxygen atoms in total. The molecule has 0 amide bonds. The lowest BCUT2D eigenvalue weighted by molar-refractivity contribution is 0.0682. The van der Waals surface area contributed by atoms with Crippen molar-refractivity contribution in [3.63, 3.8) is 0 Å². The van der Waals surface area contributed by atoms with Gasteiger partial charge in [-0.2, -0.15) is 0 Å². The summed E-state index contributed by atoms with van der Waals surface area (Å²) in [6, 6.07) is 11.6. The maximum atomic E-state index is 10.3. The largest absolute Gasteiger partial charge is 0.507 e. The third kappa shape index (κ3) is 7.65. The molecule has 4 N–H and O–H groups in total. The lowest BCUT2D eigenvalue weighted by atomic mass is 10.2. The van der Waals surface area contributed by atoms with E-state index in [0.29, 0.717) is 0 Å². The van der Waals surface area contributed by atoms with E-state index in [4.69, 9.17) is 20.4 Å². The zero-order chi connectivity index (χ0) is 22.6. The molecule has 8 heteroatoms. The smallest absolute Gasteiger partial charge is 0.339 e. The van der Waals surface area contributed by atoms with Crippen LogP contribution in [-0.2, 0) is 0 Å². The number of carbonyl (C=O) groups is 2. The minimum absolute atomic E-state index is 0.0671. The van der Waals surface area contributed by atoms with Crippen LogP contribution in [0.15, 0.2) is 53.5 Å². The van der Waals surface area contributed by atoms with E-state index in [0.717, 1.165) is 6.54 Å². The third-order valence-electron chi connectivity index (χ3n) is 4.84. The first kappa shape index (κ1) is 23.7. The highest BCUT2D eigenvalue weighted by Crippen LogP contribution is 2.16. The number of rotatable bonds is 2. The molecule has 2 aromatic carbocycles. The van der Waals surface area contributed by atoms with Crippen molar-refractivity contribution in [1.82, 2.24) is 4.90 Å². The van der Waals surface area contributed by atoms with Crippen molar-refractivity contribution in [1.29, 1.82) is 0 Å². The van der Waals surface area contributed by atoms with E-state index < -0.39 is 11.9 Å². The van der Waals surface area contributed by atoms with E-state index in [2.05, 4.69) is 9.89 Å². The molecule has 0 radical (unpaired) electrons. The van der Waals surface area contributed by atoms with Crippen LogP contribution in [-0.4, -0.2) is 62.7 Å². The number of aromatic carboxylic acids is 2. The average Bonchev–Trinajstić information content (AvgIpc) is 3.00. The number of hydrogen-bond donors (Lipinski definition) is 4. The number of amidine groups is 1. The molecule has 2 aliphatic heterocycles. The Hall–Kier alpha value is -3.55. The molecule has 0 aliphatic carbocycles. The van der Waals surface area contributed by atoms with Gasteiger partial charge in [0.15, 0.2) is 0 Å². The minimum atomic E-state index is -1.11. The van der Waals surface area contributed by atoms with Crippen LogP contribution in [0.1, 0.15) is 52.8 Å². The standard InChI is InChI=1S/C9H16N2.2C7H6O3/c1-2-5-9-10-6-4-8-11(9)7-3-1;2*8-6-4-2-1-3-5(6)7(9)10/h1-8H2;2*1-4,8H,(H,9,10). The molecule has 166 valence electrons. The van der Waals surface area contributed by atoms with Gasteiger partial charge in [-0.1, -0.05) is 30.7 Å². The molecule has 2 aromatic rings. The topological polar surface area (TPSA) is 131 Å². The summed E-state index contributed by atoms with van der Waals surface area (Å²) < 4.78 is 0. The summed E-state index contributed by atoms with van der Waals surface area (Å²) in [5.74, 6) is -1.23. The highest BCUT2D eigenvalue weighted by Gasteiger charge is 2.16. The van der Waals surface area contributed by atoms with Crippen molar-refractivity contribution >= 4 is 17.8 Å². The van der Waals surface area contributed by atoms with Gasteiger partial charge in [-0.3, -0.25) is 4.99 Å². The molecule has 0 atom stereocenters. The molecule has 1 fully saturated rings. The predicted octanol–water partition coefficient (Wildman–Crippen LogP) is 3.85. The average molecular weight is 428 g/mol. The normalized spacial score (nSPS) is 15.0. The first-order valence-corrected chi connectivity index (χ1v) is 10.2. The van der Waals surface area contributed by atoms with Crippen molar-refractivity contribution in [2.45, 2.75) is 32.1 Å². The number of carboxylic acid groups (broad SMARTS) is 2. The molecule has 2 aliphatic rings. The fourth-order valence-electron chi connectivity index (χ4n) is 3.25. The highest BCUT2D eigenvalue weighted by molar-refractivity contribution is 5.91. The van der Waals surface area contributed by atoms with Crippen molar-refractivity contribution in [3.05, 3.63) is 59.7 Å². The van der Waals surface area contributed by atoms with Gasteiger partial charge in [-0.15, -0.1) is 0 Å². The second-order valence-electron chi connectivity index (χ2n) is 7.09. The van der Waals surface area contributed by atoms with Crippen molar-refractivity contribution in [2.24, 2.45) is 4.99 Å². The van der Waals surface area contributed by atoms with Crippen LogP contribution >= 0.6 is 0 Å². The Balaban J connectivity index is 0.000000166. The summed E-state index contributed by atoms with van der Waals surface area (Å²) in [7, 11) is 0. The van der Waals surface area contributed by atoms with Crippen LogP contribution in [0, 0.1) is 0 Å². The fourth-order valence-corrected chi connectivity index (χ4v) is 3.25. The van der Waals surface area contributed by atoms with Crippen LogP contribution < -0.4 is 0 Å². The number of nitrogens with zero attached hydrogens (tertiary/aromatic N) is 2. The Morgan fingerprint density at radius 1 is 0.742 bits per heavy atom. The highest BCUT2D eigenvalue weighted by atomic mass is 16.4. The molecule has 0 aromatic heterocycles. The predicted molar refractivity (Wildman–Crippen MR) is 117 cm³/mol. The first-order chi connectivity index (χ1) is 14.9. The summed E-state index contributed by atoms with van der Waals surface area (Å²) in [4.78, 5) is 27.6. The van der Waals surface area contributed by atoms with Gasteiger partial charge in [0.25, 0.3) is 0 Å². The minimum Gasteiger partial charge on any atom is -0.507 e. The van der Waals surface area contributed by atoms with E-state index in [-0.39, 0.29) is 22.6 Å². The van der Waals surface area contributed by atoms with Gasteiger partial charge in [0.05, 0.1) is 5.84 Å². The van der Waals surface area contributed by atoms with E-state index >= 15 is 0 Å². The number of aromatic hydroxyl groups is 2. The molecule has 2 heterocycles. The zero-order valence-electron chi connectivity index (χ0n) is 17.3.